The molecule has 0 bridgehead atoms. The molecule has 2 rings (SSSR count). The summed E-state index contributed by atoms with van der Waals surface area (Å²) in [5.74, 6) is 2.63. The summed E-state index contributed by atoms with van der Waals surface area (Å²) in [4.78, 5) is 8.50. The molecule has 7 nitrogen and oxygen atoms in total. The van der Waals surface area contributed by atoms with E-state index < -0.39 is 0 Å². The summed E-state index contributed by atoms with van der Waals surface area (Å²) in [6.07, 6.45) is 3.98. The van der Waals surface area contributed by atoms with Crippen molar-refractivity contribution in [1.29, 1.82) is 0 Å². The number of ether oxygens (including phenoxy) is 3. The number of hydrogen-bond donors (Lipinski definition) is 2. The Labute approximate surface area is 141 Å². The van der Waals surface area contributed by atoms with Crippen LogP contribution >= 0.6 is 0 Å². The third kappa shape index (κ3) is 3.87. The van der Waals surface area contributed by atoms with Gasteiger partial charge in [-0.3, -0.25) is 0 Å². The summed E-state index contributed by atoms with van der Waals surface area (Å²) in [5, 5.41) is 3.00. The fourth-order valence-corrected chi connectivity index (χ4v) is 2.26. The maximum atomic E-state index is 6.03. The Morgan fingerprint density at radius 3 is 2.33 bits per heavy atom. The molecule has 0 amide bonds. The van der Waals surface area contributed by atoms with Crippen LogP contribution in [0, 0.1) is 0 Å². The molecule has 1 heterocycles. The predicted octanol–water partition coefficient (Wildman–Crippen LogP) is 2.27. The molecule has 0 saturated carbocycles. The van der Waals surface area contributed by atoms with Gasteiger partial charge in [0.15, 0.2) is 11.5 Å². The van der Waals surface area contributed by atoms with Crippen LogP contribution < -0.4 is 25.3 Å². The summed E-state index contributed by atoms with van der Waals surface area (Å²) in [7, 11) is 4.73. The molecule has 3 N–H and O–H groups in total. The standard InChI is InChI=1S/C17H22N4O3/c1-5-6-19-17-20-10-12(16(18)21-17)7-11-8-13(22-2)15(24-4)14(9-11)23-3/h5,8-10H,1,6-7H2,2-4H3,(H3,18,19,20,21). The summed E-state index contributed by atoms with van der Waals surface area (Å²) in [6, 6.07) is 3.76. The molecule has 0 fully saturated rings. The third-order valence-electron chi connectivity index (χ3n) is 3.42. The first-order chi connectivity index (χ1) is 11.6. The number of nitrogens with zero attached hydrogens (tertiary/aromatic N) is 2. The lowest BCUT2D eigenvalue weighted by Gasteiger charge is -2.14. The van der Waals surface area contributed by atoms with Gasteiger partial charge in [-0.25, -0.2) is 4.98 Å². The Morgan fingerprint density at radius 1 is 1.17 bits per heavy atom. The smallest absolute Gasteiger partial charge is 0.224 e. The van der Waals surface area contributed by atoms with Crippen LogP contribution in [0.3, 0.4) is 0 Å². The molecular formula is C17H22N4O3. The molecule has 7 heteroatoms. The number of nitrogen functional groups attached to an aromatic ring is 1. The fraction of sp³-hybridized carbons (Fsp3) is 0.294. The van der Waals surface area contributed by atoms with Gasteiger partial charge in [0.1, 0.15) is 5.82 Å². The summed E-state index contributed by atoms with van der Waals surface area (Å²) < 4.78 is 16.1. The van der Waals surface area contributed by atoms with Crippen molar-refractivity contribution >= 4 is 11.8 Å². The van der Waals surface area contributed by atoms with Gasteiger partial charge in [-0.05, 0) is 17.7 Å². The summed E-state index contributed by atoms with van der Waals surface area (Å²) in [5.41, 5.74) is 7.80. The SMILES string of the molecule is C=CCNc1ncc(Cc2cc(OC)c(OC)c(OC)c2)c(N)n1. The van der Waals surface area contributed by atoms with Crippen LogP contribution in [0.4, 0.5) is 11.8 Å². The van der Waals surface area contributed by atoms with Gasteiger partial charge < -0.3 is 25.3 Å². The van der Waals surface area contributed by atoms with Crippen LogP contribution in [-0.4, -0.2) is 37.8 Å². The average Bonchev–Trinajstić information content (AvgIpc) is 2.61. The minimum atomic E-state index is 0.422. The highest BCUT2D eigenvalue weighted by Crippen LogP contribution is 2.38. The normalized spacial score (nSPS) is 10.1. The van der Waals surface area contributed by atoms with E-state index in [0.29, 0.717) is 42.0 Å². The quantitative estimate of drug-likeness (QED) is 0.717. The van der Waals surface area contributed by atoms with E-state index in [9.17, 15) is 0 Å². The zero-order valence-corrected chi connectivity index (χ0v) is 14.1. The minimum absolute atomic E-state index is 0.422. The molecule has 0 spiro atoms. The first-order valence-corrected chi connectivity index (χ1v) is 7.38. The first-order valence-electron chi connectivity index (χ1n) is 7.38. The molecule has 1 aromatic carbocycles. The maximum absolute atomic E-state index is 6.03. The molecule has 0 radical (unpaired) electrons. The van der Waals surface area contributed by atoms with E-state index in [1.165, 1.54) is 0 Å². The second-order valence-electron chi connectivity index (χ2n) is 4.98. The van der Waals surface area contributed by atoms with Crippen molar-refractivity contribution < 1.29 is 14.2 Å². The first kappa shape index (κ1) is 17.4. The number of nitrogens with one attached hydrogen (secondary N) is 1. The van der Waals surface area contributed by atoms with Crippen molar-refractivity contribution in [1.82, 2.24) is 9.97 Å². The molecule has 128 valence electrons. The summed E-state index contributed by atoms with van der Waals surface area (Å²) >= 11 is 0. The lowest BCUT2D eigenvalue weighted by atomic mass is 10.1. The Kier molecular flexibility index (Phi) is 5.83. The largest absolute Gasteiger partial charge is 0.493 e. The van der Waals surface area contributed by atoms with Crippen molar-refractivity contribution in [3.63, 3.8) is 0 Å². The molecule has 2 aromatic rings. The molecule has 1 aromatic heterocycles. The molecule has 0 aliphatic carbocycles. The van der Waals surface area contributed by atoms with Gasteiger partial charge in [-0.1, -0.05) is 6.08 Å². The van der Waals surface area contributed by atoms with Crippen LogP contribution in [0.2, 0.25) is 0 Å². The number of benzene rings is 1. The molecular weight excluding hydrogens is 308 g/mol. The number of hydrogen-bond acceptors (Lipinski definition) is 7. The van der Waals surface area contributed by atoms with Crippen molar-refractivity contribution in [3.8, 4) is 17.2 Å². The van der Waals surface area contributed by atoms with Gasteiger partial charge in [0.2, 0.25) is 11.7 Å². The molecule has 24 heavy (non-hydrogen) atoms. The molecule has 0 unspecified atom stereocenters. The van der Waals surface area contributed by atoms with Crippen LogP contribution in [0.15, 0.2) is 31.0 Å². The number of nitrogens with two attached hydrogens (primary N) is 1. The average molecular weight is 330 g/mol. The van der Waals surface area contributed by atoms with Gasteiger partial charge in [0, 0.05) is 24.7 Å². The van der Waals surface area contributed by atoms with Crippen LogP contribution in [0.1, 0.15) is 11.1 Å². The maximum Gasteiger partial charge on any atom is 0.224 e. The van der Waals surface area contributed by atoms with E-state index in [1.54, 1.807) is 33.6 Å². The highest BCUT2D eigenvalue weighted by Gasteiger charge is 2.14. The summed E-state index contributed by atoms with van der Waals surface area (Å²) in [6.45, 7) is 4.21. The Hall–Kier alpha value is -2.96. The number of anilines is 2. The Bertz CT molecular complexity index is 694. The zero-order valence-electron chi connectivity index (χ0n) is 14.1. The van der Waals surface area contributed by atoms with E-state index in [0.717, 1.165) is 11.1 Å². The Morgan fingerprint density at radius 2 is 1.83 bits per heavy atom. The third-order valence-corrected chi connectivity index (χ3v) is 3.42. The minimum Gasteiger partial charge on any atom is -0.493 e. The highest BCUT2D eigenvalue weighted by atomic mass is 16.5. The van der Waals surface area contributed by atoms with Gasteiger partial charge >= 0.3 is 0 Å². The van der Waals surface area contributed by atoms with E-state index >= 15 is 0 Å². The van der Waals surface area contributed by atoms with Crippen LogP contribution in [0.25, 0.3) is 0 Å². The molecule has 0 aliphatic heterocycles. The molecule has 0 atom stereocenters. The lowest BCUT2D eigenvalue weighted by molar-refractivity contribution is 0.324. The van der Waals surface area contributed by atoms with Crippen molar-refractivity contribution in [2.75, 3.05) is 38.9 Å². The van der Waals surface area contributed by atoms with Gasteiger partial charge in [0.05, 0.1) is 21.3 Å². The van der Waals surface area contributed by atoms with Crippen LogP contribution in [0.5, 0.6) is 17.2 Å². The molecule has 0 aliphatic rings. The van der Waals surface area contributed by atoms with Gasteiger partial charge in [-0.2, -0.15) is 4.98 Å². The Balaban J connectivity index is 2.29. The van der Waals surface area contributed by atoms with E-state index in [4.69, 9.17) is 19.9 Å². The highest BCUT2D eigenvalue weighted by molar-refractivity contribution is 5.55. The second-order valence-corrected chi connectivity index (χ2v) is 4.98. The number of aromatic nitrogens is 2. The van der Waals surface area contributed by atoms with Gasteiger partial charge in [-0.15, -0.1) is 6.58 Å². The predicted molar refractivity (Wildman–Crippen MR) is 94.0 cm³/mol. The fourth-order valence-electron chi connectivity index (χ4n) is 2.26. The van der Waals surface area contributed by atoms with E-state index in [1.807, 2.05) is 12.1 Å². The number of rotatable bonds is 8. The van der Waals surface area contributed by atoms with Gasteiger partial charge in [0.25, 0.3) is 0 Å². The second kappa shape index (κ2) is 8.05. The van der Waals surface area contributed by atoms with Crippen molar-refractivity contribution in [3.05, 3.63) is 42.1 Å². The monoisotopic (exact) mass is 330 g/mol. The van der Waals surface area contributed by atoms with Crippen molar-refractivity contribution in [2.45, 2.75) is 6.42 Å². The number of methoxy groups -OCH3 is 3. The lowest BCUT2D eigenvalue weighted by Crippen LogP contribution is -2.07. The van der Waals surface area contributed by atoms with E-state index in [2.05, 4.69) is 21.9 Å². The molecule has 0 saturated heterocycles. The zero-order chi connectivity index (χ0) is 17.5. The topological polar surface area (TPSA) is 91.5 Å². The van der Waals surface area contributed by atoms with Crippen molar-refractivity contribution in [2.24, 2.45) is 0 Å². The van der Waals surface area contributed by atoms with E-state index in [-0.39, 0.29) is 0 Å². The van der Waals surface area contributed by atoms with Crippen LogP contribution in [-0.2, 0) is 6.42 Å².